The lowest BCUT2D eigenvalue weighted by atomic mass is 10.1. The zero-order valence-corrected chi connectivity index (χ0v) is 8.37. The van der Waals surface area contributed by atoms with Gasteiger partial charge in [-0.05, 0) is 6.07 Å². The number of allylic oxidation sites excluding steroid dienone is 1. The lowest BCUT2D eigenvalue weighted by Crippen LogP contribution is -1.95. The van der Waals surface area contributed by atoms with Crippen LogP contribution in [-0.2, 0) is 4.79 Å². The van der Waals surface area contributed by atoms with E-state index in [1.54, 1.807) is 6.08 Å². The van der Waals surface area contributed by atoms with Crippen LogP contribution < -0.4 is 10.5 Å². The van der Waals surface area contributed by atoms with Gasteiger partial charge in [0.05, 0.1) is 12.8 Å². The summed E-state index contributed by atoms with van der Waals surface area (Å²) in [6.07, 6.45) is 4.09. The second-order valence-corrected chi connectivity index (χ2v) is 2.92. The number of methoxy groups -OCH3 is 1. The van der Waals surface area contributed by atoms with E-state index < -0.39 is 5.82 Å². The summed E-state index contributed by atoms with van der Waals surface area (Å²) in [4.78, 5) is 10.1. The summed E-state index contributed by atoms with van der Waals surface area (Å²) in [5.41, 5.74) is 6.11. The van der Waals surface area contributed by atoms with E-state index in [4.69, 9.17) is 10.5 Å². The Kier molecular flexibility index (Phi) is 3.85. The van der Waals surface area contributed by atoms with Crippen molar-refractivity contribution in [3.63, 3.8) is 0 Å². The van der Waals surface area contributed by atoms with E-state index in [-0.39, 0.29) is 12.1 Å². The number of nitrogens with two attached hydrogens (primary N) is 1. The van der Waals surface area contributed by atoms with Crippen LogP contribution in [0, 0.1) is 5.82 Å². The molecule has 0 bridgehead atoms. The summed E-state index contributed by atoms with van der Waals surface area (Å²) < 4.78 is 18.3. The average Bonchev–Trinajstić information content (AvgIpc) is 2.21. The lowest BCUT2D eigenvalue weighted by Gasteiger charge is -2.06. The number of ether oxygens (including phenoxy) is 1. The minimum absolute atomic E-state index is 0.252. The number of anilines is 1. The van der Waals surface area contributed by atoms with E-state index in [0.29, 0.717) is 11.3 Å². The predicted molar refractivity (Wildman–Crippen MR) is 57.1 cm³/mol. The maximum Gasteiger partial charge on any atom is 0.142 e. The van der Waals surface area contributed by atoms with Crippen molar-refractivity contribution in [3.05, 3.63) is 29.6 Å². The molecule has 0 aliphatic rings. The normalized spacial score (nSPS) is 10.5. The third-order valence-corrected chi connectivity index (χ3v) is 1.88. The van der Waals surface area contributed by atoms with Crippen molar-refractivity contribution in [2.45, 2.75) is 6.42 Å². The van der Waals surface area contributed by atoms with E-state index in [2.05, 4.69) is 0 Å². The number of hydrogen-bond donors (Lipinski definition) is 1. The number of rotatable bonds is 4. The highest BCUT2D eigenvalue weighted by molar-refractivity contribution is 5.63. The Morgan fingerprint density at radius 3 is 2.87 bits per heavy atom. The number of halogens is 1. The van der Waals surface area contributed by atoms with E-state index in [1.165, 1.54) is 25.3 Å². The molecule has 0 aromatic heterocycles. The summed E-state index contributed by atoms with van der Waals surface area (Å²) in [5, 5.41) is 0. The van der Waals surface area contributed by atoms with Gasteiger partial charge in [-0.3, -0.25) is 0 Å². The van der Waals surface area contributed by atoms with Gasteiger partial charge in [0.1, 0.15) is 17.9 Å². The minimum atomic E-state index is -0.435. The summed E-state index contributed by atoms with van der Waals surface area (Å²) in [6.45, 7) is 0. The molecule has 0 amide bonds. The van der Waals surface area contributed by atoms with Crippen molar-refractivity contribution in [3.8, 4) is 5.75 Å². The van der Waals surface area contributed by atoms with Crippen molar-refractivity contribution in [2.24, 2.45) is 0 Å². The van der Waals surface area contributed by atoms with Crippen LogP contribution in [0.4, 0.5) is 10.1 Å². The van der Waals surface area contributed by atoms with Crippen LogP contribution in [0.3, 0.4) is 0 Å². The molecule has 4 heteroatoms. The maximum atomic E-state index is 13.3. The van der Waals surface area contributed by atoms with Crippen LogP contribution in [0.5, 0.6) is 5.75 Å². The molecule has 0 unspecified atom stereocenters. The topological polar surface area (TPSA) is 52.3 Å². The number of hydrogen-bond acceptors (Lipinski definition) is 3. The van der Waals surface area contributed by atoms with E-state index >= 15 is 0 Å². The summed E-state index contributed by atoms with van der Waals surface area (Å²) >= 11 is 0. The Bertz CT molecular complexity index is 388. The molecule has 2 N–H and O–H groups in total. The van der Waals surface area contributed by atoms with Crippen LogP contribution in [-0.4, -0.2) is 13.4 Å². The van der Waals surface area contributed by atoms with Gasteiger partial charge in [-0.15, -0.1) is 0 Å². The van der Waals surface area contributed by atoms with Crippen LogP contribution in [0.2, 0.25) is 0 Å². The van der Waals surface area contributed by atoms with E-state index in [1.807, 2.05) is 0 Å². The Morgan fingerprint density at radius 2 is 2.27 bits per heavy atom. The molecule has 15 heavy (non-hydrogen) atoms. The highest BCUT2D eigenvalue weighted by Crippen LogP contribution is 2.25. The molecule has 3 nitrogen and oxygen atoms in total. The van der Waals surface area contributed by atoms with Gasteiger partial charge in [0, 0.05) is 18.1 Å². The molecular weight excluding hydrogens is 197 g/mol. The molecule has 0 aliphatic carbocycles. The standard InChI is InChI=1S/C11H12FNO2/c1-15-11-6-8(4-2-3-5-14)9(12)7-10(11)13/h2,4-7H,3,13H2,1H3. The first kappa shape index (κ1) is 11.2. The second-order valence-electron chi connectivity index (χ2n) is 2.92. The smallest absolute Gasteiger partial charge is 0.142 e. The largest absolute Gasteiger partial charge is 0.495 e. The van der Waals surface area contributed by atoms with Gasteiger partial charge in [-0.2, -0.15) is 0 Å². The number of carbonyl (C=O) groups excluding carboxylic acids is 1. The highest BCUT2D eigenvalue weighted by atomic mass is 19.1. The van der Waals surface area contributed by atoms with E-state index in [9.17, 15) is 9.18 Å². The number of nitrogen functional groups attached to an aromatic ring is 1. The number of aldehydes is 1. The summed E-state index contributed by atoms with van der Waals surface area (Å²) in [6, 6.07) is 2.69. The lowest BCUT2D eigenvalue weighted by molar-refractivity contribution is -0.107. The summed E-state index contributed by atoms with van der Waals surface area (Å²) in [7, 11) is 1.46. The molecule has 0 aliphatic heterocycles. The first-order valence-electron chi connectivity index (χ1n) is 4.42. The second kappa shape index (κ2) is 5.14. The molecule has 0 heterocycles. The number of benzene rings is 1. The van der Waals surface area contributed by atoms with Gasteiger partial charge in [0.2, 0.25) is 0 Å². The predicted octanol–water partition coefficient (Wildman–Crippen LogP) is 2.02. The fourth-order valence-corrected chi connectivity index (χ4v) is 1.14. The van der Waals surface area contributed by atoms with Gasteiger partial charge >= 0.3 is 0 Å². The Labute approximate surface area is 87.3 Å². The molecule has 0 radical (unpaired) electrons. The monoisotopic (exact) mass is 209 g/mol. The first-order chi connectivity index (χ1) is 7.19. The van der Waals surface area contributed by atoms with Crippen molar-refractivity contribution in [2.75, 3.05) is 12.8 Å². The molecule has 0 spiro atoms. The Hall–Kier alpha value is -1.84. The van der Waals surface area contributed by atoms with E-state index in [0.717, 1.165) is 6.29 Å². The third kappa shape index (κ3) is 2.80. The van der Waals surface area contributed by atoms with Crippen LogP contribution in [0.25, 0.3) is 6.08 Å². The van der Waals surface area contributed by atoms with Crippen LogP contribution in [0.15, 0.2) is 18.2 Å². The SMILES string of the molecule is COc1cc(C=CCC=O)c(F)cc1N. The fraction of sp³-hybridized carbons (Fsp3) is 0.182. The summed E-state index contributed by atoms with van der Waals surface area (Å²) in [5.74, 6) is -0.0161. The highest BCUT2D eigenvalue weighted by Gasteiger charge is 2.05. The first-order valence-corrected chi connectivity index (χ1v) is 4.42. The third-order valence-electron chi connectivity index (χ3n) is 1.88. The zero-order valence-electron chi connectivity index (χ0n) is 8.37. The molecular formula is C11H12FNO2. The van der Waals surface area contributed by atoms with Gasteiger partial charge in [0.15, 0.2) is 0 Å². The zero-order chi connectivity index (χ0) is 11.3. The Balaban J connectivity index is 3.01. The molecule has 1 aromatic carbocycles. The quantitative estimate of drug-likeness (QED) is 0.609. The van der Waals surface area contributed by atoms with Crippen molar-refractivity contribution < 1.29 is 13.9 Å². The van der Waals surface area contributed by atoms with Gasteiger partial charge in [-0.25, -0.2) is 4.39 Å². The number of carbonyl (C=O) groups is 1. The van der Waals surface area contributed by atoms with Gasteiger partial charge in [0.25, 0.3) is 0 Å². The average molecular weight is 209 g/mol. The molecule has 80 valence electrons. The molecule has 1 rings (SSSR count). The fourth-order valence-electron chi connectivity index (χ4n) is 1.14. The van der Waals surface area contributed by atoms with Crippen molar-refractivity contribution in [1.82, 2.24) is 0 Å². The Morgan fingerprint density at radius 1 is 1.53 bits per heavy atom. The van der Waals surface area contributed by atoms with Crippen LogP contribution in [0.1, 0.15) is 12.0 Å². The molecule has 0 saturated carbocycles. The minimum Gasteiger partial charge on any atom is -0.495 e. The molecule has 0 atom stereocenters. The van der Waals surface area contributed by atoms with Crippen molar-refractivity contribution >= 4 is 18.0 Å². The van der Waals surface area contributed by atoms with Gasteiger partial charge in [-0.1, -0.05) is 12.2 Å². The molecule has 0 saturated heterocycles. The maximum absolute atomic E-state index is 13.3. The van der Waals surface area contributed by atoms with Crippen molar-refractivity contribution in [1.29, 1.82) is 0 Å². The molecule has 0 fully saturated rings. The molecule has 1 aromatic rings. The van der Waals surface area contributed by atoms with Gasteiger partial charge < -0.3 is 15.3 Å². The van der Waals surface area contributed by atoms with Crippen LogP contribution >= 0.6 is 0 Å².